The third-order valence-electron chi connectivity index (χ3n) is 2.98. The summed E-state index contributed by atoms with van der Waals surface area (Å²) in [6.45, 7) is 2.30. The number of benzene rings is 1. The van der Waals surface area contributed by atoms with Crippen LogP contribution >= 0.6 is 11.3 Å². The number of nitrogen functional groups attached to an aromatic ring is 1. The molecule has 0 aliphatic carbocycles. The highest BCUT2D eigenvalue weighted by atomic mass is 32.1. The van der Waals surface area contributed by atoms with Crippen molar-refractivity contribution >= 4 is 22.3 Å². The summed E-state index contributed by atoms with van der Waals surface area (Å²) in [5.74, 6) is 0.968. The summed E-state index contributed by atoms with van der Waals surface area (Å²) in [4.78, 5) is 12.0. The lowest BCUT2D eigenvalue weighted by molar-refractivity contribution is 0.0529. The highest BCUT2D eigenvalue weighted by Crippen LogP contribution is 2.40. The molecule has 2 heterocycles. The number of hydrogen-bond acceptors (Lipinski definition) is 6. The molecule has 0 spiro atoms. The van der Waals surface area contributed by atoms with Gasteiger partial charge in [-0.15, -0.1) is 11.3 Å². The van der Waals surface area contributed by atoms with E-state index in [1.165, 1.54) is 11.3 Å². The van der Waals surface area contributed by atoms with E-state index in [1.54, 1.807) is 6.92 Å². The van der Waals surface area contributed by atoms with E-state index in [-0.39, 0.29) is 6.79 Å². The first kappa shape index (κ1) is 12.8. The molecule has 104 valence electrons. The number of esters is 1. The Bertz CT molecular complexity index is 665. The van der Waals surface area contributed by atoms with Gasteiger partial charge in [0.05, 0.1) is 6.61 Å². The lowest BCUT2D eigenvalue weighted by Crippen LogP contribution is -2.07. The molecule has 0 radical (unpaired) electrons. The average Bonchev–Trinajstić information content (AvgIpc) is 3.04. The van der Waals surface area contributed by atoms with Crippen molar-refractivity contribution < 1.29 is 19.0 Å². The summed E-state index contributed by atoms with van der Waals surface area (Å²) in [6, 6.07) is 5.53. The molecule has 20 heavy (non-hydrogen) atoms. The molecule has 3 rings (SSSR count). The van der Waals surface area contributed by atoms with Gasteiger partial charge in [-0.1, -0.05) is 6.07 Å². The number of carbonyl (C=O) groups is 1. The molecule has 0 saturated carbocycles. The second-order valence-electron chi connectivity index (χ2n) is 4.18. The van der Waals surface area contributed by atoms with Crippen molar-refractivity contribution in [3.63, 3.8) is 0 Å². The fraction of sp³-hybridized carbons (Fsp3) is 0.214. The van der Waals surface area contributed by atoms with Crippen molar-refractivity contribution in [3.05, 3.63) is 29.1 Å². The molecule has 0 unspecified atom stereocenters. The molecule has 0 bridgehead atoms. The molecule has 0 fully saturated rings. The molecule has 1 aromatic heterocycles. The van der Waals surface area contributed by atoms with Gasteiger partial charge in [0, 0.05) is 10.9 Å². The van der Waals surface area contributed by atoms with E-state index in [4.69, 9.17) is 19.9 Å². The Morgan fingerprint density at radius 3 is 3.00 bits per heavy atom. The Hall–Kier alpha value is -2.21. The van der Waals surface area contributed by atoms with E-state index in [0.717, 1.165) is 11.1 Å². The molecule has 2 aromatic rings. The molecule has 1 aliphatic rings. The molecule has 0 atom stereocenters. The maximum Gasteiger partial charge on any atom is 0.341 e. The standard InChI is InChI=1S/C14H13NO4S/c1-2-17-14(16)12-9(6-20-13(12)15)8-3-4-10-11(5-8)19-7-18-10/h3-6H,2,7,15H2,1H3. The maximum absolute atomic E-state index is 12.0. The van der Waals surface area contributed by atoms with Crippen molar-refractivity contribution in [1.29, 1.82) is 0 Å². The minimum atomic E-state index is -0.404. The molecule has 2 N–H and O–H groups in total. The van der Waals surface area contributed by atoms with E-state index < -0.39 is 5.97 Å². The van der Waals surface area contributed by atoms with Crippen LogP contribution in [0.3, 0.4) is 0 Å². The molecule has 0 saturated heterocycles. The van der Waals surface area contributed by atoms with Gasteiger partial charge in [-0.2, -0.15) is 0 Å². The number of ether oxygens (including phenoxy) is 3. The number of anilines is 1. The van der Waals surface area contributed by atoms with Gasteiger partial charge in [-0.05, 0) is 24.6 Å². The average molecular weight is 291 g/mol. The topological polar surface area (TPSA) is 70.8 Å². The van der Waals surface area contributed by atoms with Crippen LogP contribution in [-0.2, 0) is 4.74 Å². The highest BCUT2D eigenvalue weighted by molar-refractivity contribution is 7.14. The number of nitrogens with two attached hydrogens (primary N) is 1. The van der Waals surface area contributed by atoms with Crippen LogP contribution < -0.4 is 15.2 Å². The largest absolute Gasteiger partial charge is 0.462 e. The first-order valence-corrected chi connectivity index (χ1v) is 7.02. The lowest BCUT2D eigenvalue weighted by Gasteiger charge is -2.06. The first-order chi connectivity index (χ1) is 9.70. The van der Waals surface area contributed by atoms with Crippen molar-refractivity contribution in [2.24, 2.45) is 0 Å². The predicted octanol–water partition coefficient (Wildman–Crippen LogP) is 2.90. The smallest absolute Gasteiger partial charge is 0.341 e. The fourth-order valence-corrected chi connectivity index (χ4v) is 2.87. The van der Waals surface area contributed by atoms with E-state index in [9.17, 15) is 4.79 Å². The molecular formula is C14H13NO4S. The number of rotatable bonds is 3. The Balaban J connectivity index is 2.04. The number of fused-ring (bicyclic) bond motifs is 1. The summed E-state index contributed by atoms with van der Waals surface area (Å²) >= 11 is 1.32. The third-order valence-corrected chi connectivity index (χ3v) is 3.79. The van der Waals surface area contributed by atoms with Gasteiger partial charge in [-0.3, -0.25) is 0 Å². The van der Waals surface area contributed by atoms with Gasteiger partial charge in [0.1, 0.15) is 10.6 Å². The van der Waals surface area contributed by atoms with E-state index >= 15 is 0 Å². The minimum absolute atomic E-state index is 0.218. The lowest BCUT2D eigenvalue weighted by atomic mass is 10.0. The molecule has 1 aliphatic heterocycles. The van der Waals surface area contributed by atoms with Crippen LogP contribution in [0.2, 0.25) is 0 Å². The van der Waals surface area contributed by atoms with Crippen LogP contribution in [0.4, 0.5) is 5.00 Å². The Labute approximate surface area is 119 Å². The molecule has 6 heteroatoms. The van der Waals surface area contributed by atoms with E-state index in [0.29, 0.717) is 28.7 Å². The zero-order valence-electron chi connectivity index (χ0n) is 10.8. The monoisotopic (exact) mass is 291 g/mol. The normalized spacial score (nSPS) is 12.4. The van der Waals surface area contributed by atoms with Crippen molar-refractivity contribution in [2.75, 3.05) is 19.1 Å². The molecule has 5 nitrogen and oxygen atoms in total. The van der Waals surface area contributed by atoms with Crippen LogP contribution in [0.25, 0.3) is 11.1 Å². The quantitative estimate of drug-likeness (QED) is 0.880. The van der Waals surface area contributed by atoms with Crippen LogP contribution in [0.5, 0.6) is 11.5 Å². The minimum Gasteiger partial charge on any atom is -0.462 e. The van der Waals surface area contributed by atoms with E-state index in [2.05, 4.69) is 0 Å². The molecule has 1 aromatic carbocycles. The summed E-state index contributed by atoms with van der Waals surface area (Å²) in [6.07, 6.45) is 0. The van der Waals surface area contributed by atoms with Gasteiger partial charge < -0.3 is 19.9 Å². The molecular weight excluding hydrogens is 278 g/mol. The third kappa shape index (κ3) is 2.08. The van der Waals surface area contributed by atoms with Crippen molar-refractivity contribution in [2.45, 2.75) is 6.92 Å². The van der Waals surface area contributed by atoms with Gasteiger partial charge >= 0.3 is 5.97 Å². The SMILES string of the molecule is CCOC(=O)c1c(-c2ccc3c(c2)OCO3)csc1N. The summed E-state index contributed by atoms with van der Waals surface area (Å²) < 4.78 is 15.7. The Morgan fingerprint density at radius 1 is 1.40 bits per heavy atom. The van der Waals surface area contributed by atoms with Gasteiger partial charge in [0.25, 0.3) is 0 Å². The summed E-state index contributed by atoms with van der Waals surface area (Å²) in [5.41, 5.74) is 7.90. The van der Waals surface area contributed by atoms with Crippen molar-refractivity contribution in [1.82, 2.24) is 0 Å². The predicted molar refractivity (Wildman–Crippen MR) is 76.2 cm³/mol. The number of hydrogen-bond donors (Lipinski definition) is 1. The fourth-order valence-electron chi connectivity index (χ4n) is 2.06. The van der Waals surface area contributed by atoms with Gasteiger partial charge in [-0.25, -0.2) is 4.79 Å². The summed E-state index contributed by atoms with van der Waals surface area (Å²) in [7, 11) is 0. The number of thiophene rings is 1. The first-order valence-electron chi connectivity index (χ1n) is 6.14. The van der Waals surface area contributed by atoms with Crippen molar-refractivity contribution in [3.8, 4) is 22.6 Å². The summed E-state index contributed by atoms with van der Waals surface area (Å²) in [5, 5.41) is 2.30. The van der Waals surface area contributed by atoms with Crippen LogP contribution in [-0.4, -0.2) is 19.4 Å². The second kappa shape index (κ2) is 5.05. The van der Waals surface area contributed by atoms with Crippen LogP contribution in [0, 0.1) is 0 Å². The maximum atomic E-state index is 12.0. The number of carbonyl (C=O) groups excluding carboxylic acids is 1. The Morgan fingerprint density at radius 2 is 2.20 bits per heavy atom. The highest BCUT2D eigenvalue weighted by Gasteiger charge is 2.21. The van der Waals surface area contributed by atoms with Crippen LogP contribution in [0.1, 0.15) is 17.3 Å². The van der Waals surface area contributed by atoms with Gasteiger partial charge in [0.15, 0.2) is 11.5 Å². The zero-order valence-corrected chi connectivity index (χ0v) is 11.7. The Kier molecular flexibility index (Phi) is 3.23. The van der Waals surface area contributed by atoms with Crippen LogP contribution in [0.15, 0.2) is 23.6 Å². The van der Waals surface area contributed by atoms with Gasteiger partial charge in [0.2, 0.25) is 6.79 Å². The second-order valence-corrected chi connectivity index (χ2v) is 5.09. The van der Waals surface area contributed by atoms with E-state index in [1.807, 2.05) is 23.6 Å². The zero-order chi connectivity index (χ0) is 14.1. The molecule has 0 amide bonds.